The average molecular weight is 317 g/mol. The Kier molecular flexibility index (Phi) is 4.25. The number of carbonyl (C=O) groups excluding carboxylic acids is 1. The summed E-state index contributed by atoms with van der Waals surface area (Å²) in [4.78, 5) is 14.6. The van der Waals surface area contributed by atoms with Gasteiger partial charge >= 0.3 is 0 Å². The number of likely N-dealkylation sites (tertiary alicyclic amines) is 1. The number of aromatic amines is 1. The molecule has 2 aromatic heterocycles. The van der Waals surface area contributed by atoms with Gasteiger partial charge in [0.1, 0.15) is 0 Å². The van der Waals surface area contributed by atoms with Crippen LogP contribution in [0.25, 0.3) is 0 Å². The molecule has 0 radical (unpaired) electrons. The number of aromatic nitrogens is 6. The number of H-pyrrole nitrogens is 1. The molecule has 0 spiro atoms. The first kappa shape index (κ1) is 15.8. The quantitative estimate of drug-likeness (QED) is 0.921. The number of piperidine rings is 1. The largest absolute Gasteiger partial charge is 0.296 e. The van der Waals surface area contributed by atoms with Gasteiger partial charge in [-0.15, -0.1) is 10.2 Å². The van der Waals surface area contributed by atoms with Gasteiger partial charge in [0.2, 0.25) is 0 Å². The Morgan fingerprint density at radius 3 is 2.70 bits per heavy atom. The molecule has 0 atom stereocenters. The third-order valence-electron chi connectivity index (χ3n) is 4.22. The van der Waals surface area contributed by atoms with Gasteiger partial charge in [-0.05, 0) is 32.0 Å². The third-order valence-corrected chi connectivity index (χ3v) is 4.22. The molecule has 1 fully saturated rings. The normalized spacial score (nSPS) is 17.5. The average Bonchev–Trinajstić information content (AvgIpc) is 3.17. The third kappa shape index (κ3) is 3.64. The van der Waals surface area contributed by atoms with E-state index in [0.29, 0.717) is 5.92 Å². The first-order chi connectivity index (χ1) is 10.9. The molecule has 1 aliphatic rings. The molecule has 0 bridgehead atoms. The van der Waals surface area contributed by atoms with Crippen LogP contribution in [0.5, 0.6) is 0 Å². The van der Waals surface area contributed by atoms with Crippen LogP contribution < -0.4 is 0 Å². The Bertz CT molecular complexity index is 648. The van der Waals surface area contributed by atoms with Gasteiger partial charge in [0, 0.05) is 17.5 Å². The van der Waals surface area contributed by atoms with E-state index in [4.69, 9.17) is 0 Å². The molecule has 2 aromatic rings. The molecule has 1 aliphatic heterocycles. The van der Waals surface area contributed by atoms with E-state index >= 15 is 0 Å². The van der Waals surface area contributed by atoms with Gasteiger partial charge < -0.3 is 0 Å². The monoisotopic (exact) mass is 317 g/mol. The summed E-state index contributed by atoms with van der Waals surface area (Å²) in [5, 5.41) is 18.6. The fourth-order valence-corrected chi connectivity index (χ4v) is 2.85. The zero-order chi connectivity index (χ0) is 16.4. The molecule has 0 aromatic carbocycles. The number of tetrazole rings is 1. The number of nitrogens with one attached hydrogen (secondary N) is 1. The summed E-state index contributed by atoms with van der Waals surface area (Å²) in [5.41, 5.74) is 0.596. The number of hydrogen-bond donors (Lipinski definition) is 1. The van der Waals surface area contributed by atoms with E-state index in [2.05, 4.69) is 30.6 Å². The van der Waals surface area contributed by atoms with E-state index in [-0.39, 0.29) is 5.91 Å². The fourth-order valence-electron chi connectivity index (χ4n) is 2.85. The van der Waals surface area contributed by atoms with Crippen LogP contribution in [0.4, 0.5) is 0 Å². The van der Waals surface area contributed by atoms with Gasteiger partial charge in [-0.25, -0.2) is 4.68 Å². The Morgan fingerprint density at radius 1 is 1.35 bits per heavy atom. The van der Waals surface area contributed by atoms with Crippen molar-refractivity contribution in [1.29, 1.82) is 0 Å². The summed E-state index contributed by atoms with van der Waals surface area (Å²) in [6.45, 7) is 8.39. The summed E-state index contributed by atoms with van der Waals surface area (Å²) in [6.07, 6.45) is 3.84. The van der Waals surface area contributed by atoms with Crippen LogP contribution in [0.1, 0.15) is 55.8 Å². The number of hydrogen-bond acceptors (Lipinski definition) is 6. The van der Waals surface area contributed by atoms with E-state index in [9.17, 15) is 4.79 Å². The molecular weight excluding hydrogens is 294 g/mol. The predicted molar refractivity (Wildman–Crippen MR) is 83.7 cm³/mol. The second kappa shape index (κ2) is 6.19. The van der Waals surface area contributed by atoms with Crippen LogP contribution in [-0.4, -0.2) is 54.3 Å². The zero-order valence-electron chi connectivity index (χ0n) is 13.9. The Balaban J connectivity index is 1.58. The number of rotatable bonds is 3. The standard InChI is InChI=1S/C15H23N7O/c1-15(2,3)14(23)22-9-6-12(18-22)11-4-7-21(8-5-11)10-13-16-19-20-17-13/h6,9,11H,4-5,7-8,10H2,1-3H3,(H,16,17,19,20). The van der Waals surface area contributed by atoms with Crippen LogP contribution >= 0.6 is 0 Å². The first-order valence-electron chi connectivity index (χ1n) is 7.98. The van der Waals surface area contributed by atoms with Crippen LogP contribution in [-0.2, 0) is 6.54 Å². The van der Waals surface area contributed by atoms with Gasteiger partial charge in [0.05, 0.1) is 12.2 Å². The topological polar surface area (TPSA) is 92.6 Å². The molecule has 8 heteroatoms. The van der Waals surface area contributed by atoms with Gasteiger partial charge in [-0.1, -0.05) is 26.0 Å². The van der Waals surface area contributed by atoms with Crippen LogP contribution in [0.3, 0.4) is 0 Å². The van der Waals surface area contributed by atoms with Gasteiger partial charge in [-0.2, -0.15) is 10.3 Å². The molecule has 3 rings (SSSR count). The zero-order valence-corrected chi connectivity index (χ0v) is 13.9. The van der Waals surface area contributed by atoms with Crippen molar-refractivity contribution in [2.24, 2.45) is 5.41 Å². The smallest absolute Gasteiger partial charge is 0.252 e. The van der Waals surface area contributed by atoms with Crippen LogP contribution in [0.15, 0.2) is 12.3 Å². The van der Waals surface area contributed by atoms with Crippen molar-refractivity contribution in [3.05, 3.63) is 23.8 Å². The maximum atomic E-state index is 12.3. The Hall–Kier alpha value is -2.09. The minimum atomic E-state index is -0.419. The summed E-state index contributed by atoms with van der Waals surface area (Å²) < 4.78 is 1.49. The first-order valence-corrected chi connectivity index (χ1v) is 7.98. The second-order valence-electron chi connectivity index (χ2n) is 7.12. The van der Waals surface area contributed by atoms with Crippen molar-refractivity contribution >= 4 is 5.91 Å². The van der Waals surface area contributed by atoms with Crippen molar-refractivity contribution in [2.75, 3.05) is 13.1 Å². The Labute approximate surface area is 135 Å². The lowest BCUT2D eigenvalue weighted by molar-refractivity contribution is 0.0747. The molecule has 1 N–H and O–H groups in total. The maximum absolute atomic E-state index is 12.3. The minimum absolute atomic E-state index is 0.0262. The van der Waals surface area contributed by atoms with E-state index in [1.807, 2.05) is 26.8 Å². The lowest BCUT2D eigenvalue weighted by atomic mass is 9.94. The molecule has 0 aliphatic carbocycles. The maximum Gasteiger partial charge on any atom is 0.252 e. The summed E-state index contributed by atoms with van der Waals surface area (Å²) in [5.74, 6) is 1.16. The van der Waals surface area contributed by atoms with Crippen LogP contribution in [0.2, 0.25) is 0 Å². The van der Waals surface area contributed by atoms with E-state index in [0.717, 1.165) is 44.0 Å². The molecule has 124 valence electrons. The van der Waals surface area contributed by atoms with Gasteiger partial charge in [0.25, 0.3) is 5.91 Å². The minimum Gasteiger partial charge on any atom is -0.296 e. The van der Waals surface area contributed by atoms with Gasteiger partial charge in [-0.3, -0.25) is 9.69 Å². The van der Waals surface area contributed by atoms with E-state index < -0.39 is 5.41 Å². The van der Waals surface area contributed by atoms with Crippen molar-refractivity contribution in [3.63, 3.8) is 0 Å². The summed E-state index contributed by atoms with van der Waals surface area (Å²) >= 11 is 0. The van der Waals surface area contributed by atoms with E-state index in [1.54, 1.807) is 6.20 Å². The molecule has 0 unspecified atom stereocenters. The molecule has 0 amide bonds. The Morgan fingerprint density at radius 2 is 2.09 bits per heavy atom. The second-order valence-corrected chi connectivity index (χ2v) is 7.12. The van der Waals surface area contributed by atoms with Crippen LogP contribution in [0, 0.1) is 5.41 Å². The highest BCUT2D eigenvalue weighted by Gasteiger charge is 2.27. The predicted octanol–water partition coefficient (Wildman–Crippen LogP) is 1.46. The lowest BCUT2D eigenvalue weighted by Crippen LogP contribution is -2.33. The van der Waals surface area contributed by atoms with Crippen molar-refractivity contribution in [1.82, 2.24) is 35.3 Å². The lowest BCUT2D eigenvalue weighted by Gasteiger charge is -2.30. The van der Waals surface area contributed by atoms with E-state index in [1.165, 1.54) is 4.68 Å². The highest BCUT2D eigenvalue weighted by atomic mass is 16.2. The molecule has 23 heavy (non-hydrogen) atoms. The highest BCUT2D eigenvalue weighted by molar-refractivity contribution is 5.83. The fraction of sp³-hybridized carbons (Fsp3) is 0.667. The molecule has 3 heterocycles. The molecule has 0 saturated carbocycles. The molecule has 1 saturated heterocycles. The molecular formula is C15H23N7O. The summed E-state index contributed by atoms with van der Waals surface area (Å²) in [6, 6.07) is 1.98. The van der Waals surface area contributed by atoms with Crippen molar-refractivity contribution < 1.29 is 4.79 Å². The SMILES string of the molecule is CC(C)(C)C(=O)n1ccc(C2CCN(Cc3nn[nH]n3)CC2)n1. The number of nitrogens with zero attached hydrogens (tertiary/aromatic N) is 6. The summed E-state index contributed by atoms with van der Waals surface area (Å²) in [7, 11) is 0. The van der Waals surface area contributed by atoms with Crippen molar-refractivity contribution in [3.8, 4) is 0 Å². The van der Waals surface area contributed by atoms with Crippen molar-refractivity contribution in [2.45, 2.75) is 46.1 Å². The molecule has 8 nitrogen and oxygen atoms in total. The number of carbonyl (C=O) groups is 1. The van der Waals surface area contributed by atoms with Gasteiger partial charge in [0.15, 0.2) is 5.82 Å². The highest BCUT2D eigenvalue weighted by Crippen LogP contribution is 2.27.